The van der Waals surface area contributed by atoms with Crippen molar-refractivity contribution >= 4 is 27.8 Å². The minimum atomic E-state index is -4.82. The summed E-state index contributed by atoms with van der Waals surface area (Å²) in [6, 6.07) is 6.86. The van der Waals surface area contributed by atoms with E-state index in [0.717, 1.165) is 0 Å². The van der Waals surface area contributed by atoms with E-state index in [-0.39, 0.29) is 23.1 Å². The Balaban J connectivity index is 1.97. The van der Waals surface area contributed by atoms with Crippen molar-refractivity contribution in [1.82, 2.24) is 14.8 Å². The van der Waals surface area contributed by atoms with Gasteiger partial charge < -0.3 is 9.15 Å². The fourth-order valence-electron chi connectivity index (χ4n) is 3.30. The maximum Gasteiger partial charge on any atom is 0.421 e. The normalized spacial score (nSPS) is 12.0. The van der Waals surface area contributed by atoms with Gasteiger partial charge >= 0.3 is 12.1 Å². The minimum absolute atomic E-state index is 0.0616. The molecule has 4 aromatic rings. The van der Waals surface area contributed by atoms with Gasteiger partial charge in [-0.1, -0.05) is 6.07 Å². The largest absolute Gasteiger partial charge is 0.460 e. The molecular weight excluding hydrogens is 387 g/mol. The monoisotopic (exact) mass is 403 g/mol. The van der Waals surface area contributed by atoms with Gasteiger partial charge in [-0.3, -0.25) is 9.67 Å². The van der Waals surface area contributed by atoms with Crippen molar-refractivity contribution < 1.29 is 27.1 Å². The number of hydrogen-bond acceptors (Lipinski definition) is 5. The lowest BCUT2D eigenvalue weighted by Gasteiger charge is -2.07. The zero-order valence-corrected chi connectivity index (χ0v) is 15.6. The van der Waals surface area contributed by atoms with E-state index < -0.39 is 23.5 Å². The van der Waals surface area contributed by atoms with Gasteiger partial charge in [-0.15, -0.1) is 0 Å². The Hall–Kier alpha value is -3.36. The average molecular weight is 403 g/mol. The highest BCUT2D eigenvalue weighted by Gasteiger charge is 2.42. The van der Waals surface area contributed by atoms with Crippen LogP contribution < -0.4 is 0 Å². The van der Waals surface area contributed by atoms with Crippen LogP contribution in [0.1, 0.15) is 34.3 Å². The van der Waals surface area contributed by atoms with Crippen molar-refractivity contribution in [3.05, 3.63) is 59.2 Å². The van der Waals surface area contributed by atoms with Crippen LogP contribution >= 0.6 is 0 Å². The molecule has 0 saturated carbocycles. The van der Waals surface area contributed by atoms with E-state index in [2.05, 4.69) is 10.1 Å². The number of nitrogens with zero attached hydrogens (tertiary/aromatic N) is 3. The molecule has 29 heavy (non-hydrogen) atoms. The number of aryl methyl sites for hydroxylation is 1. The predicted octanol–water partition coefficient (Wildman–Crippen LogP) is 4.73. The number of carbonyl (C=O) groups is 1. The summed E-state index contributed by atoms with van der Waals surface area (Å²) in [6.07, 6.45) is -1.53. The van der Waals surface area contributed by atoms with Crippen molar-refractivity contribution in [2.45, 2.75) is 26.6 Å². The van der Waals surface area contributed by atoms with Crippen LogP contribution in [0.25, 0.3) is 21.9 Å². The Bertz CT molecular complexity index is 1210. The second-order valence-electron chi connectivity index (χ2n) is 6.50. The first-order valence-corrected chi connectivity index (χ1v) is 8.87. The maximum absolute atomic E-state index is 13.9. The first-order valence-electron chi connectivity index (χ1n) is 8.87. The summed E-state index contributed by atoms with van der Waals surface area (Å²) in [6.45, 7) is 3.48. The number of hydrogen-bond donors (Lipinski definition) is 0. The molecule has 0 aliphatic carbocycles. The van der Waals surface area contributed by atoms with Crippen molar-refractivity contribution in [3.8, 4) is 0 Å². The third kappa shape index (κ3) is 3.32. The summed E-state index contributed by atoms with van der Waals surface area (Å²) in [5, 5.41) is 4.64. The van der Waals surface area contributed by atoms with Crippen LogP contribution in [-0.4, -0.2) is 27.3 Å². The number of rotatable bonds is 4. The summed E-state index contributed by atoms with van der Waals surface area (Å²) in [7, 11) is 0. The Morgan fingerprint density at radius 3 is 2.76 bits per heavy atom. The van der Waals surface area contributed by atoms with Crippen LogP contribution in [0.5, 0.6) is 0 Å². The fraction of sp³-hybridized carbons (Fsp3) is 0.250. The molecule has 3 aromatic heterocycles. The molecule has 9 heteroatoms. The SMILES string of the molecule is CCOC(=O)c1oc2cc(C)c3cn(Cc4ccccn4)nc3c2c1C(F)(F)F. The van der Waals surface area contributed by atoms with E-state index in [9.17, 15) is 18.0 Å². The van der Waals surface area contributed by atoms with Gasteiger partial charge in [-0.2, -0.15) is 18.3 Å². The standard InChI is InChI=1S/C20H16F3N3O3/c1-3-28-19(27)18-16(20(21,22)23)15-14(29-18)8-11(2)13-10-26(25-17(13)15)9-12-6-4-5-7-24-12/h4-8,10H,3,9H2,1-2H3. The van der Waals surface area contributed by atoms with Crippen LogP contribution in [0.3, 0.4) is 0 Å². The van der Waals surface area contributed by atoms with Crippen LogP contribution in [0.15, 0.2) is 41.1 Å². The van der Waals surface area contributed by atoms with E-state index in [4.69, 9.17) is 9.15 Å². The second kappa shape index (κ2) is 6.91. The fourth-order valence-corrected chi connectivity index (χ4v) is 3.30. The molecule has 0 aliphatic heterocycles. The van der Waals surface area contributed by atoms with Crippen molar-refractivity contribution in [2.24, 2.45) is 0 Å². The Kier molecular flexibility index (Phi) is 4.52. The number of furan rings is 1. The highest BCUT2D eigenvalue weighted by atomic mass is 19.4. The topological polar surface area (TPSA) is 70.2 Å². The molecule has 0 amide bonds. The first kappa shape index (κ1) is 19.0. The summed E-state index contributed by atoms with van der Waals surface area (Å²) >= 11 is 0. The van der Waals surface area contributed by atoms with Gasteiger partial charge in [0.25, 0.3) is 0 Å². The first-order chi connectivity index (χ1) is 13.8. The number of benzene rings is 1. The molecule has 0 N–H and O–H groups in total. The van der Waals surface area contributed by atoms with Gasteiger partial charge in [0, 0.05) is 17.8 Å². The zero-order valence-electron chi connectivity index (χ0n) is 15.6. The minimum Gasteiger partial charge on any atom is -0.460 e. The second-order valence-corrected chi connectivity index (χ2v) is 6.50. The van der Waals surface area contributed by atoms with E-state index in [1.165, 1.54) is 17.7 Å². The van der Waals surface area contributed by atoms with Crippen molar-refractivity contribution in [3.63, 3.8) is 0 Å². The molecular formula is C20H16F3N3O3. The summed E-state index contributed by atoms with van der Waals surface area (Å²) in [5.74, 6) is -2.02. The van der Waals surface area contributed by atoms with Crippen LogP contribution in [0.4, 0.5) is 13.2 Å². The number of ether oxygens (including phenoxy) is 1. The third-order valence-electron chi connectivity index (χ3n) is 4.50. The lowest BCUT2D eigenvalue weighted by Crippen LogP contribution is -2.13. The molecule has 3 heterocycles. The predicted molar refractivity (Wildman–Crippen MR) is 98.5 cm³/mol. The quantitative estimate of drug-likeness (QED) is 0.461. The number of alkyl halides is 3. The summed E-state index contributed by atoms with van der Waals surface area (Å²) in [4.78, 5) is 16.3. The summed E-state index contributed by atoms with van der Waals surface area (Å²) < 4.78 is 53.2. The number of fused-ring (bicyclic) bond motifs is 3. The number of halogens is 3. The molecule has 150 valence electrons. The van der Waals surface area contributed by atoms with Crippen molar-refractivity contribution in [2.75, 3.05) is 6.61 Å². The van der Waals surface area contributed by atoms with E-state index in [1.807, 2.05) is 6.07 Å². The molecule has 0 unspecified atom stereocenters. The van der Waals surface area contributed by atoms with Gasteiger partial charge in [0.15, 0.2) is 0 Å². The molecule has 0 aliphatic rings. The molecule has 0 bridgehead atoms. The lowest BCUT2D eigenvalue weighted by molar-refractivity contribution is -0.137. The molecule has 0 radical (unpaired) electrons. The molecule has 0 atom stereocenters. The van der Waals surface area contributed by atoms with E-state index in [1.54, 1.807) is 31.5 Å². The van der Waals surface area contributed by atoms with Gasteiger partial charge in [0.05, 0.1) is 24.2 Å². The Labute approximate surface area is 162 Å². The van der Waals surface area contributed by atoms with E-state index >= 15 is 0 Å². The Morgan fingerprint density at radius 1 is 1.31 bits per heavy atom. The number of esters is 1. The number of aromatic nitrogens is 3. The third-order valence-corrected chi connectivity index (χ3v) is 4.50. The molecule has 6 nitrogen and oxygen atoms in total. The molecule has 0 spiro atoms. The Morgan fingerprint density at radius 2 is 2.10 bits per heavy atom. The highest BCUT2D eigenvalue weighted by Crippen LogP contribution is 2.43. The smallest absolute Gasteiger partial charge is 0.421 e. The zero-order chi connectivity index (χ0) is 20.8. The maximum atomic E-state index is 13.9. The van der Waals surface area contributed by atoms with Gasteiger partial charge in [-0.25, -0.2) is 4.79 Å². The van der Waals surface area contributed by atoms with Gasteiger partial charge in [0.1, 0.15) is 16.7 Å². The summed E-state index contributed by atoms with van der Waals surface area (Å²) in [5.41, 5.74) is 0.275. The van der Waals surface area contributed by atoms with Gasteiger partial charge in [0.2, 0.25) is 5.76 Å². The lowest BCUT2D eigenvalue weighted by atomic mass is 10.0. The van der Waals surface area contributed by atoms with Crippen LogP contribution in [0, 0.1) is 6.92 Å². The van der Waals surface area contributed by atoms with Gasteiger partial charge in [-0.05, 0) is 37.6 Å². The van der Waals surface area contributed by atoms with Crippen LogP contribution in [0.2, 0.25) is 0 Å². The number of pyridine rings is 1. The molecule has 1 aromatic carbocycles. The van der Waals surface area contributed by atoms with Crippen LogP contribution in [-0.2, 0) is 17.5 Å². The molecule has 0 saturated heterocycles. The number of carbonyl (C=O) groups excluding carboxylic acids is 1. The molecule has 4 rings (SSSR count). The van der Waals surface area contributed by atoms with Crippen molar-refractivity contribution in [1.29, 1.82) is 0 Å². The van der Waals surface area contributed by atoms with E-state index in [0.29, 0.717) is 23.2 Å². The molecule has 0 fully saturated rings. The average Bonchev–Trinajstić information content (AvgIpc) is 3.24. The highest BCUT2D eigenvalue weighted by molar-refractivity contribution is 6.10.